The van der Waals surface area contributed by atoms with Gasteiger partial charge in [-0.2, -0.15) is 0 Å². The predicted octanol–water partition coefficient (Wildman–Crippen LogP) is 4.28. The maximum atomic E-state index is 12.9. The number of aromatic nitrogens is 3. The van der Waals surface area contributed by atoms with E-state index in [1.165, 1.54) is 24.6 Å². The summed E-state index contributed by atoms with van der Waals surface area (Å²) in [5.41, 5.74) is 2.12. The van der Waals surface area contributed by atoms with Crippen LogP contribution in [0.2, 0.25) is 0 Å². The highest BCUT2D eigenvalue weighted by molar-refractivity contribution is 7.98. The van der Waals surface area contributed by atoms with Crippen LogP contribution in [0.3, 0.4) is 0 Å². The van der Waals surface area contributed by atoms with Gasteiger partial charge in [0.25, 0.3) is 5.91 Å². The van der Waals surface area contributed by atoms with Crippen molar-refractivity contribution in [2.24, 2.45) is 0 Å². The molecular weight excluding hydrogens is 372 g/mol. The van der Waals surface area contributed by atoms with Crippen molar-refractivity contribution >= 4 is 17.7 Å². The molecule has 7 heteroatoms. The lowest BCUT2D eigenvalue weighted by Crippen LogP contribution is -2.26. The molecule has 2 heterocycles. The summed E-state index contributed by atoms with van der Waals surface area (Å²) in [4.78, 5) is 26.4. The Hall–Kier alpha value is -2.15. The molecule has 0 atom stereocenters. The highest BCUT2D eigenvalue weighted by atomic mass is 32.2. The lowest BCUT2D eigenvalue weighted by atomic mass is 10.1. The standard InChI is InChI=1S/C21H28N4O2S/c1-13(2)18-24-14(3)17(21(25-18)28-4)19(26)23-12-15-8-7-11-22-20(15)27-16-9-5-6-10-16/h7-8,11,13,16H,5-6,9-10,12H2,1-4H3,(H,23,26). The second kappa shape index (κ2) is 9.37. The molecule has 0 saturated heterocycles. The topological polar surface area (TPSA) is 77.0 Å². The Kier molecular flexibility index (Phi) is 6.88. The molecule has 150 valence electrons. The van der Waals surface area contributed by atoms with Crippen molar-refractivity contribution in [1.29, 1.82) is 0 Å². The fourth-order valence-corrected chi connectivity index (χ4v) is 3.96. The van der Waals surface area contributed by atoms with Crippen molar-refractivity contribution in [3.63, 3.8) is 0 Å². The summed E-state index contributed by atoms with van der Waals surface area (Å²) in [6.07, 6.45) is 8.42. The van der Waals surface area contributed by atoms with Crippen LogP contribution in [0, 0.1) is 6.92 Å². The van der Waals surface area contributed by atoms with Gasteiger partial charge in [0, 0.05) is 24.2 Å². The van der Waals surface area contributed by atoms with Crippen LogP contribution in [-0.2, 0) is 6.54 Å². The zero-order valence-corrected chi connectivity index (χ0v) is 17.8. The Morgan fingerprint density at radius 3 is 2.75 bits per heavy atom. The minimum absolute atomic E-state index is 0.173. The Bertz CT molecular complexity index is 835. The smallest absolute Gasteiger partial charge is 0.256 e. The molecule has 1 aliphatic carbocycles. The van der Waals surface area contributed by atoms with Crippen LogP contribution in [0.5, 0.6) is 5.88 Å². The van der Waals surface area contributed by atoms with Crippen LogP contribution in [0.15, 0.2) is 23.4 Å². The third-order valence-electron chi connectivity index (χ3n) is 4.88. The van der Waals surface area contributed by atoms with E-state index in [0.717, 1.165) is 24.2 Å². The van der Waals surface area contributed by atoms with Gasteiger partial charge in [-0.1, -0.05) is 19.9 Å². The van der Waals surface area contributed by atoms with E-state index in [0.29, 0.717) is 28.7 Å². The first-order valence-corrected chi connectivity index (χ1v) is 11.0. The van der Waals surface area contributed by atoms with Gasteiger partial charge in [-0.3, -0.25) is 4.79 Å². The van der Waals surface area contributed by atoms with Gasteiger partial charge in [0.05, 0.1) is 11.3 Å². The predicted molar refractivity (Wildman–Crippen MR) is 111 cm³/mol. The van der Waals surface area contributed by atoms with Crippen LogP contribution in [0.4, 0.5) is 0 Å². The summed E-state index contributed by atoms with van der Waals surface area (Å²) in [5, 5.41) is 3.70. The number of carbonyl (C=O) groups is 1. The minimum Gasteiger partial charge on any atom is -0.474 e. The number of pyridine rings is 1. The second-order valence-electron chi connectivity index (χ2n) is 7.38. The molecule has 2 aromatic heterocycles. The average molecular weight is 401 g/mol. The van der Waals surface area contributed by atoms with Gasteiger partial charge in [0.2, 0.25) is 5.88 Å². The fourth-order valence-electron chi connectivity index (χ4n) is 3.33. The van der Waals surface area contributed by atoms with Gasteiger partial charge in [-0.25, -0.2) is 15.0 Å². The summed E-state index contributed by atoms with van der Waals surface area (Å²) >= 11 is 1.47. The molecule has 6 nitrogen and oxygen atoms in total. The van der Waals surface area contributed by atoms with Gasteiger partial charge >= 0.3 is 0 Å². The molecule has 1 saturated carbocycles. The number of aryl methyl sites for hydroxylation is 1. The van der Waals surface area contributed by atoms with Crippen molar-refractivity contribution in [3.05, 3.63) is 41.0 Å². The Balaban J connectivity index is 1.74. The van der Waals surface area contributed by atoms with Crippen molar-refractivity contribution in [1.82, 2.24) is 20.3 Å². The first-order chi connectivity index (χ1) is 13.5. The highest BCUT2D eigenvalue weighted by Crippen LogP contribution is 2.26. The first kappa shape index (κ1) is 20.6. The van der Waals surface area contributed by atoms with E-state index in [9.17, 15) is 4.79 Å². The molecule has 0 aromatic carbocycles. The molecule has 1 aliphatic rings. The van der Waals surface area contributed by atoms with Crippen LogP contribution in [-0.4, -0.2) is 33.2 Å². The van der Waals surface area contributed by atoms with Gasteiger partial charge in [0.15, 0.2) is 0 Å². The summed E-state index contributed by atoms with van der Waals surface area (Å²) in [5.74, 6) is 1.42. The van der Waals surface area contributed by atoms with Gasteiger partial charge in [-0.15, -0.1) is 11.8 Å². The number of hydrogen-bond acceptors (Lipinski definition) is 6. The molecule has 0 unspecified atom stereocenters. The van der Waals surface area contributed by atoms with Crippen LogP contribution >= 0.6 is 11.8 Å². The van der Waals surface area contributed by atoms with Crippen molar-refractivity contribution in [2.75, 3.05) is 6.26 Å². The Morgan fingerprint density at radius 2 is 2.07 bits per heavy atom. The minimum atomic E-state index is -0.173. The molecule has 2 aromatic rings. The number of nitrogens with one attached hydrogen (secondary N) is 1. The number of rotatable bonds is 7. The summed E-state index contributed by atoms with van der Waals surface area (Å²) < 4.78 is 6.06. The molecule has 1 N–H and O–H groups in total. The van der Waals surface area contributed by atoms with E-state index in [2.05, 4.69) is 20.3 Å². The van der Waals surface area contributed by atoms with Crippen molar-refractivity contribution in [3.8, 4) is 5.88 Å². The van der Waals surface area contributed by atoms with E-state index in [1.807, 2.05) is 39.2 Å². The molecule has 0 spiro atoms. The summed E-state index contributed by atoms with van der Waals surface area (Å²) in [6, 6.07) is 3.81. The van der Waals surface area contributed by atoms with Gasteiger partial charge < -0.3 is 10.1 Å². The number of carbonyl (C=O) groups excluding carboxylic acids is 1. The molecule has 0 bridgehead atoms. The molecule has 0 aliphatic heterocycles. The van der Waals surface area contributed by atoms with E-state index in [4.69, 9.17) is 4.74 Å². The van der Waals surface area contributed by atoms with Crippen molar-refractivity contribution < 1.29 is 9.53 Å². The van der Waals surface area contributed by atoms with Crippen LogP contribution in [0.25, 0.3) is 0 Å². The summed E-state index contributed by atoms with van der Waals surface area (Å²) in [7, 11) is 0. The van der Waals surface area contributed by atoms with E-state index < -0.39 is 0 Å². The Labute approximate surface area is 170 Å². The lowest BCUT2D eigenvalue weighted by molar-refractivity contribution is 0.0945. The SMILES string of the molecule is CSc1nc(C(C)C)nc(C)c1C(=O)NCc1cccnc1OC1CCCC1. The zero-order valence-electron chi connectivity index (χ0n) is 17.0. The maximum absolute atomic E-state index is 12.9. The van der Waals surface area contributed by atoms with Gasteiger partial charge in [-0.05, 0) is 44.9 Å². The fraction of sp³-hybridized carbons (Fsp3) is 0.524. The molecule has 3 rings (SSSR count). The van der Waals surface area contributed by atoms with E-state index in [-0.39, 0.29) is 17.9 Å². The van der Waals surface area contributed by atoms with Crippen LogP contribution < -0.4 is 10.1 Å². The third kappa shape index (κ3) is 4.82. The van der Waals surface area contributed by atoms with Crippen LogP contribution in [0.1, 0.15) is 72.9 Å². The molecule has 0 radical (unpaired) electrons. The quantitative estimate of drug-likeness (QED) is 0.552. The molecule has 28 heavy (non-hydrogen) atoms. The first-order valence-electron chi connectivity index (χ1n) is 9.80. The second-order valence-corrected chi connectivity index (χ2v) is 8.18. The normalized spacial score (nSPS) is 14.5. The molecular formula is C21H28N4O2S. The Morgan fingerprint density at radius 1 is 1.32 bits per heavy atom. The zero-order chi connectivity index (χ0) is 20.1. The van der Waals surface area contributed by atoms with E-state index >= 15 is 0 Å². The average Bonchev–Trinajstić information content (AvgIpc) is 3.19. The monoisotopic (exact) mass is 400 g/mol. The summed E-state index contributed by atoms with van der Waals surface area (Å²) in [6.45, 7) is 6.31. The van der Waals surface area contributed by atoms with Crippen molar-refractivity contribution in [2.45, 2.75) is 70.0 Å². The number of hydrogen-bond donors (Lipinski definition) is 1. The third-order valence-corrected chi connectivity index (χ3v) is 5.56. The lowest BCUT2D eigenvalue weighted by Gasteiger charge is -2.16. The largest absolute Gasteiger partial charge is 0.474 e. The number of ether oxygens (including phenoxy) is 1. The van der Waals surface area contributed by atoms with E-state index in [1.54, 1.807) is 6.20 Å². The molecule has 1 amide bonds. The van der Waals surface area contributed by atoms with Gasteiger partial charge in [0.1, 0.15) is 17.0 Å². The molecule has 1 fully saturated rings. The number of nitrogens with zero attached hydrogens (tertiary/aromatic N) is 3. The number of amides is 1. The maximum Gasteiger partial charge on any atom is 0.256 e. The number of thioether (sulfide) groups is 1. The highest BCUT2D eigenvalue weighted by Gasteiger charge is 2.21.